The maximum absolute atomic E-state index is 13.8. The number of halogens is 1. The molecule has 0 radical (unpaired) electrons. The number of benzene rings is 2. The van der Waals surface area contributed by atoms with Crippen LogP contribution in [-0.4, -0.2) is 41.3 Å². The quantitative estimate of drug-likeness (QED) is 0.513. The van der Waals surface area contributed by atoms with Gasteiger partial charge in [0.1, 0.15) is 10.1 Å². The van der Waals surface area contributed by atoms with Gasteiger partial charge in [-0.15, -0.1) is 0 Å². The molecule has 2 nitrogen and oxygen atoms in total. The first kappa shape index (κ1) is 22.3. The summed E-state index contributed by atoms with van der Waals surface area (Å²) in [5.74, 6) is 1.08. The molecule has 0 aromatic heterocycles. The van der Waals surface area contributed by atoms with E-state index in [-0.39, 0.29) is 5.82 Å². The van der Waals surface area contributed by atoms with Gasteiger partial charge in [-0.2, -0.15) is 0 Å². The number of hydrogen-bond donors (Lipinski definition) is 0. The molecule has 156 valence electrons. The van der Waals surface area contributed by atoms with Crippen LogP contribution in [0.5, 0.6) is 0 Å². The zero-order valence-corrected chi connectivity index (χ0v) is 19.2. The van der Waals surface area contributed by atoms with Gasteiger partial charge in [0.25, 0.3) is 0 Å². The highest BCUT2D eigenvalue weighted by Crippen LogP contribution is 2.35. The molecule has 1 fully saturated rings. The van der Waals surface area contributed by atoms with Crippen molar-refractivity contribution in [1.82, 2.24) is 9.80 Å². The van der Waals surface area contributed by atoms with E-state index in [2.05, 4.69) is 55.2 Å². The van der Waals surface area contributed by atoms with Gasteiger partial charge in [-0.3, -0.25) is 0 Å². The number of nitrogens with zero attached hydrogens (tertiary/aromatic N) is 2. The Morgan fingerprint density at radius 3 is 2.28 bits per heavy atom. The van der Waals surface area contributed by atoms with Crippen molar-refractivity contribution in [2.75, 3.05) is 21.1 Å². The summed E-state index contributed by atoms with van der Waals surface area (Å²) in [5, 5.41) is 0. The molecule has 0 unspecified atom stereocenters. The van der Waals surface area contributed by atoms with Crippen LogP contribution in [0.15, 0.2) is 48.5 Å². The zero-order chi connectivity index (χ0) is 20.8. The zero-order valence-electron chi connectivity index (χ0n) is 17.6. The predicted molar refractivity (Wildman–Crippen MR) is 127 cm³/mol. The van der Waals surface area contributed by atoms with Crippen LogP contribution in [0.2, 0.25) is 0 Å². The van der Waals surface area contributed by atoms with Gasteiger partial charge in [0.2, 0.25) is 0 Å². The molecular weight excluding hydrogens is 399 g/mol. The fourth-order valence-electron chi connectivity index (χ4n) is 4.06. The molecule has 0 heterocycles. The third kappa shape index (κ3) is 6.27. The van der Waals surface area contributed by atoms with E-state index in [1.165, 1.54) is 30.0 Å². The number of hydrogen-bond acceptors (Lipinski definition) is 3. The Morgan fingerprint density at radius 1 is 1.00 bits per heavy atom. The van der Waals surface area contributed by atoms with E-state index in [1.807, 2.05) is 12.1 Å². The van der Waals surface area contributed by atoms with Crippen LogP contribution in [0.1, 0.15) is 48.3 Å². The molecule has 0 bridgehead atoms. The van der Waals surface area contributed by atoms with Crippen LogP contribution < -0.4 is 0 Å². The van der Waals surface area contributed by atoms with Crippen molar-refractivity contribution < 1.29 is 4.39 Å². The third-order valence-electron chi connectivity index (χ3n) is 5.79. The standard InChI is InChI=1S/C24H31FN2S2/c1-26(2)16-18-8-10-19(11-9-18)20-12-14-22(15-13-20)27(3)24(28)29-17-21-6-4-5-7-23(21)25/h4-11,20,22H,12-17H2,1-3H3. The first-order valence-electron chi connectivity index (χ1n) is 10.3. The number of thiocarbonyl (C=S) groups is 1. The molecule has 0 amide bonds. The lowest BCUT2D eigenvalue weighted by atomic mass is 9.81. The van der Waals surface area contributed by atoms with Crippen LogP contribution in [0.25, 0.3) is 0 Å². The minimum Gasteiger partial charge on any atom is -0.358 e. The van der Waals surface area contributed by atoms with Crippen molar-refractivity contribution >= 4 is 28.3 Å². The molecule has 3 rings (SSSR count). The SMILES string of the molecule is CN(C)Cc1ccc(C2CCC(N(C)C(=S)SCc3ccccc3F)CC2)cc1. The highest BCUT2D eigenvalue weighted by Gasteiger charge is 2.26. The van der Waals surface area contributed by atoms with Crippen LogP contribution >= 0.6 is 24.0 Å². The van der Waals surface area contributed by atoms with E-state index in [4.69, 9.17) is 12.2 Å². The summed E-state index contributed by atoms with van der Waals surface area (Å²) in [5.41, 5.74) is 3.55. The maximum atomic E-state index is 13.8. The lowest BCUT2D eigenvalue weighted by Crippen LogP contribution is -2.37. The second-order valence-electron chi connectivity index (χ2n) is 8.24. The fourth-order valence-corrected chi connectivity index (χ4v) is 5.25. The van der Waals surface area contributed by atoms with Gasteiger partial charge in [0.05, 0.1) is 0 Å². The van der Waals surface area contributed by atoms with E-state index in [0.717, 1.165) is 29.3 Å². The Kier molecular flexibility index (Phi) is 8.10. The van der Waals surface area contributed by atoms with Crippen molar-refractivity contribution in [3.05, 3.63) is 71.0 Å². The molecule has 0 aliphatic heterocycles. The Hall–Kier alpha value is -1.43. The molecule has 5 heteroatoms. The summed E-state index contributed by atoms with van der Waals surface area (Å²) in [4.78, 5) is 4.43. The summed E-state index contributed by atoms with van der Waals surface area (Å²) in [6, 6.07) is 16.6. The number of thioether (sulfide) groups is 1. The third-order valence-corrected chi connectivity index (χ3v) is 7.42. The largest absolute Gasteiger partial charge is 0.358 e. The average Bonchev–Trinajstić information content (AvgIpc) is 2.73. The van der Waals surface area contributed by atoms with Gasteiger partial charge in [0.15, 0.2) is 0 Å². The molecule has 0 saturated heterocycles. The maximum Gasteiger partial charge on any atom is 0.136 e. The normalized spacial score (nSPS) is 19.3. The fraction of sp³-hybridized carbons (Fsp3) is 0.458. The molecule has 0 spiro atoms. The monoisotopic (exact) mass is 430 g/mol. The van der Waals surface area contributed by atoms with Crippen molar-refractivity contribution in [3.63, 3.8) is 0 Å². The molecule has 2 aromatic carbocycles. The second-order valence-corrected chi connectivity index (χ2v) is 9.85. The lowest BCUT2D eigenvalue weighted by Gasteiger charge is -2.36. The Bertz CT molecular complexity index is 799. The Labute approximate surface area is 184 Å². The molecule has 0 N–H and O–H groups in total. The average molecular weight is 431 g/mol. The van der Waals surface area contributed by atoms with Gasteiger partial charge >= 0.3 is 0 Å². The summed E-state index contributed by atoms with van der Waals surface area (Å²) < 4.78 is 14.7. The summed E-state index contributed by atoms with van der Waals surface area (Å²) >= 11 is 7.20. The Balaban J connectivity index is 1.48. The topological polar surface area (TPSA) is 6.48 Å². The van der Waals surface area contributed by atoms with E-state index in [9.17, 15) is 4.39 Å². The highest BCUT2D eigenvalue weighted by atomic mass is 32.2. The van der Waals surface area contributed by atoms with Crippen molar-refractivity contribution in [1.29, 1.82) is 0 Å². The summed E-state index contributed by atoms with van der Waals surface area (Å²) in [6.45, 7) is 0.986. The predicted octanol–water partition coefficient (Wildman–Crippen LogP) is 6.06. The van der Waals surface area contributed by atoms with Gasteiger partial charge in [0, 0.05) is 25.4 Å². The smallest absolute Gasteiger partial charge is 0.136 e. The van der Waals surface area contributed by atoms with Gasteiger partial charge < -0.3 is 9.80 Å². The minimum absolute atomic E-state index is 0.150. The van der Waals surface area contributed by atoms with Crippen molar-refractivity contribution in [3.8, 4) is 0 Å². The first-order chi connectivity index (χ1) is 13.9. The van der Waals surface area contributed by atoms with E-state index >= 15 is 0 Å². The molecule has 1 aliphatic rings. The van der Waals surface area contributed by atoms with Crippen LogP contribution in [0, 0.1) is 5.82 Å². The van der Waals surface area contributed by atoms with Crippen LogP contribution in [-0.2, 0) is 12.3 Å². The molecule has 0 atom stereocenters. The van der Waals surface area contributed by atoms with Gasteiger partial charge in [-0.1, -0.05) is 66.4 Å². The van der Waals surface area contributed by atoms with E-state index in [1.54, 1.807) is 17.8 Å². The molecule has 29 heavy (non-hydrogen) atoms. The Morgan fingerprint density at radius 2 is 1.66 bits per heavy atom. The van der Waals surface area contributed by atoms with Crippen molar-refractivity contribution in [2.45, 2.75) is 49.9 Å². The van der Waals surface area contributed by atoms with Gasteiger partial charge in [-0.05, 0) is 68.5 Å². The van der Waals surface area contributed by atoms with E-state index in [0.29, 0.717) is 17.7 Å². The second kappa shape index (κ2) is 10.6. The van der Waals surface area contributed by atoms with Crippen LogP contribution in [0.4, 0.5) is 4.39 Å². The van der Waals surface area contributed by atoms with E-state index < -0.39 is 0 Å². The molecule has 2 aromatic rings. The molecule has 1 aliphatic carbocycles. The van der Waals surface area contributed by atoms with Gasteiger partial charge in [-0.25, -0.2) is 4.39 Å². The number of rotatable bonds is 6. The summed E-state index contributed by atoms with van der Waals surface area (Å²) in [6.07, 6.45) is 4.70. The first-order valence-corrected chi connectivity index (χ1v) is 11.7. The van der Waals surface area contributed by atoms with Crippen LogP contribution in [0.3, 0.4) is 0 Å². The van der Waals surface area contributed by atoms with Crippen molar-refractivity contribution in [2.24, 2.45) is 0 Å². The lowest BCUT2D eigenvalue weighted by molar-refractivity contribution is 0.267. The molecule has 1 saturated carbocycles. The highest BCUT2D eigenvalue weighted by molar-refractivity contribution is 8.22. The molecular formula is C24H31FN2S2. The summed E-state index contributed by atoms with van der Waals surface area (Å²) in [7, 11) is 6.30. The minimum atomic E-state index is -0.150.